The lowest BCUT2D eigenvalue weighted by molar-refractivity contribution is 0.401. The summed E-state index contributed by atoms with van der Waals surface area (Å²) in [6.45, 7) is -0.205. The summed E-state index contributed by atoms with van der Waals surface area (Å²) in [4.78, 5) is 36.1. The van der Waals surface area contributed by atoms with Crippen LogP contribution in [0.5, 0.6) is 5.88 Å². The van der Waals surface area contributed by atoms with Gasteiger partial charge in [0, 0.05) is 33.2 Å². The van der Waals surface area contributed by atoms with Gasteiger partial charge in [-0.25, -0.2) is 14.8 Å². The van der Waals surface area contributed by atoms with Crippen LogP contribution in [0.2, 0.25) is 15.1 Å². The van der Waals surface area contributed by atoms with E-state index in [1.165, 1.54) is 22.7 Å². The summed E-state index contributed by atoms with van der Waals surface area (Å²) in [6, 6.07) is 13.3. The predicted molar refractivity (Wildman–Crippen MR) is 148 cm³/mol. The highest BCUT2D eigenvalue weighted by Gasteiger charge is 2.22. The van der Waals surface area contributed by atoms with Crippen molar-refractivity contribution >= 4 is 45.8 Å². The van der Waals surface area contributed by atoms with Crippen molar-refractivity contribution in [2.75, 3.05) is 7.11 Å². The zero-order chi connectivity index (χ0) is 27.8. The third kappa shape index (κ3) is 5.00. The Labute approximate surface area is 236 Å². The molecule has 3 aromatic heterocycles. The molecular weight excluding hydrogens is 565 g/mol. The Hall–Kier alpha value is -4.17. The van der Waals surface area contributed by atoms with E-state index >= 15 is 0 Å². The van der Waals surface area contributed by atoms with Crippen LogP contribution in [0.1, 0.15) is 17.0 Å². The first-order chi connectivity index (χ1) is 18.7. The first-order valence-corrected chi connectivity index (χ1v) is 12.5. The van der Waals surface area contributed by atoms with Crippen LogP contribution < -0.4 is 16.0 Å². The maximum absolute atomic E-state index is 13.8. The van der Waals surface area contributed by atoms with Gasteiger partial charge in [0.05, 0.1) is 37.3 Å². The lowest BCUT2D eigenvalue weighted by Crippen LogP contribution is -2.41. The molecule has 2 aromatic carbocycles. The van der Waals surface area contributed by atoms with Gasteiger partial charge in [-0.2, -0.15) is 10.4 Å². The lowest BCUT2D eigenvalue weighted by atomic mass is 10.0. The Morgan fingerprint density at radius 3 is 2.44 bits per heavy atom. The van der Waals surface area contributed by atoms with Crippen LogP contribution in [0.15, 0.2) is 58.4 Å². The van der Waals surface area contributed by atoms with E-state index in [0.717, 1.165) is 4.57 Å². The highest BCUT2D eigenvalue weighted by molar-refractivity contribution is 6.34. The fraction of sp³-hybridized carbons (Fsp3) is 0.154. The summed E-state index contributed by atoms with van der Waals surface area (Å²) in [7, 11) is 3.08. The van der Waals surface area contributed by atoms with E-state index in [-0.39, 0.29) is 35.8 Å². The number of nitrogens with zero attached hydrogens (tertiary/aromatic N) is 7. The molecule has 196 valence electrons. The normalized spacial score (nSPS) is 11.1. The van der Waals surface area contributed by atoms with Gasteiger partial charge in [-0.1, -0.05) is 34.8 Å². The zero-order valence-corrected chi connectivity index (χ0v) is 22.8. The van der Waals surface area contributed by atoms with E-state index in [2.05, 4.69) is 21.1 Å². The number of ether oxygens (including phenoxy) is 1. The number of aryl methyl sites for hydroxylation is 1. The molecule has 0 unspecified atom stereocenters. The topological polar surface area (TPSA) is 121 Å². The van der Waals surface area contributed by atoms with E-state index in [9.17, 15) is 14.9 Å². The molecule has 0 aliphatic heterocycles. The van der Waals surface area contributed by atoms with Gasteiger partial charge in [-0.05, 0) is 48.0 Å². The van der Waals surface area contributed by atoms with Gasteiger partial charge >= 0.3 is 5.69 Å². The van der Waals surface area contributed by atoms with Crippen molar-refractivity contribution in [3.63, 3.8) is 0 Å². The third-order valence-electron chi connectivity index (χ3n) is 6.03. The maximum Gasteiger partial charge on any atom is 0.332 e. The molecule has 0 saturated carbocycles. The first kappa shape index (κ1) is 26.4. The SMILES string of the molecule is COc1nc2c(=O)n(Cc3ncn(C)n3)c(=O)n(Cc3cc(Cl)ccc3Cl)c2cc1-c1cc(C#N)ccc1Cl. The minimum absolute atomic E-state index is 0.0237. The van der Waals surface area contributed by atoms with E-state index in [0.29, 0.717) is 37.3 Å². The maximum atomic E-state index is 13.8. The van der Waals surface area contributed by atoms with Gasteiger partial charge in [0.2, 0.25) is 5.88 Å². The summed E-state index contributed by atoms with van der Waals surface area (Å²) in [5.74, 6) is 0.358. The molecule has 5 aromatic rings. The van der Waals surface area contributed by atoms with E-state index in [4.69, 9.17) is 39.5 Å². The number of methoxy groups -OCH3 is 1. The molecule has 0 atom stereocenters. The van der Waals surface area contributed by atoms with Gasteiger partial charge in [0.25, 0.3) is 5.56 Å². The number of nitriles is 1. The second-order valence-corrected chi connectivity index (χ2v) is 9.80. The number of fused-ring (bicyclic) bond motifs is 1. The molecule has 0 amide bonds. The van der Waals surface area contributed by atoms with Crippen LogP contribution in [0.3, 0.4) is 0 Å². The molecule has 3 heterocycles. The van der Waals surface area contributed by atoms with Gasteiger partial charge in [0.15, 0.2) is 11.3 Å². The van der Waals surface area contributed by atoms with Gasteiger partial charge in [-0.3, -0.25) is 18.6 Å². The van der Waals surface area contributed by atoms with Gasteiger partial charge in [-0.15, -0.1) is 0 Å². The van der Waals surface area contributed by atoms with Crippen molar-refractivity contribution < 1.29 is 4.74 Å². The smallest absolute Gasteiger partial charge is 0.332 e. The molecule has 0 fully saturated rings. The molecule has 0 N–H and O–H groups in total. The molecular formula is C26H18Cl3N7O3. The Bertz CT molecular complexity index is 1920. The van der Waals surface area contributed by atoms with Gasteiger partial charge < -0.3 is 4.74 Å². The minimum atomic E-state index is -0.655. The number of benzene rings is 2. The average molecular weight is 583 g/mol. The Morgan fingerprint density at radius 1 is 0.974 bits per heavy atom. The number of aromatic nitrogens is 6. The summed E-state index contributed by atoms with van der Waals surface area (Å²) in [5, 5.41) is 14.8. The highest BCUT2D eigenvalue weighted by atomic mass is 35.5. The predicted octanol–water partition coefficient (Wildman–Crippen LogP) is 4.29. The van der Waals surface area contributed by atoms with Crippen LogP contribution in [-0.2, 0) is 20.1 Å². The quantitative estimate of drug-likeness (QED) is 0.293. The molecule has 0 radical (unpaired) electrons. The number of pyridine rings is 1. The number of rotatable bonds is 6. The van der Waals surface area contributed by atoms with E-state index < -0.39 is 11.2 Å². The summed E-state index contributed by atoms with van der Waals surface area (Å²) >= 11 is 19.1. The second kappa shape index (κ2) is 10.5. The largest absolute Gasteiger partial charge is 0.481 e. The molecule has 0 aliphatic carbocycles. The summed E-state index contributed by atoms with van der Waals surface area (Å²) in [6.07, 6.45) is 1.47. The molecule has 5 rings (SSSR count). The lowest BCUT2D eigenvalue weighted by Gasteiger charge is -2.17. The molecule has 13 heteroatoms. The minimum Gasteiger partial charge on any atom is -0.481 e. The third-order valence-corrected chi connectivity index (χ3v) is 6.96. The van der Waals surface area contributed by atoms with E-state index in [1.807, 2.05) is 0 Å². The summed E-state index contributed by atoms with van der Waals surface area (Å²) in [5.41, 5.74) is 0.638. The van der Waals surface area contributed by atoms with Crippen LogP contribution in [-0.4, -0.2) is 36.0 Å². The van der Waals surface area contributed by atoms with Crippen molar-refractivity contribution in [2.24, 2.45) is 7.05 Å². The monoisotopic (exact) mass is 581 g/mol. The molecule has 0 bridgehead atoms. The molecule has 0 saturated heterocycles. The molecule has 0 spiro atoms. The van der Waals surface area contributed by atoms with Crippen molar-refractivity contribution in [1.82, 2.24) is 28.9 Å². The first-order valence-electron chi connectivity index (χ1n) is 11.4. The molecule has 39 heavy (non-hydrogen) atoms. The van der Waals surface area contributed by atoms with Crippen molar-refractivity contribution in [1.29, 1.82) is 5.26 Å². The zero-order valence-electron chi connectivity index (χ0n) is 20.5. The average Bonchev–Trinajstić information content (AvgIpc) is 3.35. The Balaban J connectivity index is 1.84. The fourth-order valence-corrected chi connectivity index (χ4v) is 4.78. The molecule has 10 nitrogen and oxygen atoms in total. The van der Waals surface area contributed by atoms with Gasteiger partial charge in [0.1, 0.15) is 6.33 Å². The van der Waals surface area contributed by atoms with Crippen LogP contribution >= 0.6 is 34.8 Å². The van der Waals surface area contributed by atoms with Crippen LogP contribution in [0, 0.1) is 11.3 Å². The Kier molecular flexibility index (Phi) is 7.14. The summed E-state index contributed by atoms with van der Waals surface area (Å²) < 4.78 is 9.37. The highest BCUT2D eigenvalue weighted by Crippen LogP contribution is 2.36. The van der Waals surface area contributed by atoms with E-state index in [1.54, 1.807) is 49.5 Å². The Morgan fingerprint density at radius 2 is 1.74 bits per heavy atom. The molecule has 0 aliphatic rings. The number of halogens is 3. The van der Waals surface area contributed by atoms with Crippen molar-refractivity contribution in [2.45, 2.75) is 13.1 Å². The second-order valence-electron chi connectivity index (χ2n) is 8.55. The standard InChI is InChI=1S/C26H18Cl3N7O3/c1-34-13-31-22(33-34)12-36-25(37)23-21(35(26(36)38)11-15-8-16(27)4-6-19(15)28)9-18(24(32-23)39-2)17-7-14(10-30)3-5-20(17)29/h3-9,13H,11-12H2,1-2H3. The van der Waals surface area contributed by atoms with Crippen LogP contribution in [0.25, 0.3) is 22.2 Å². The van der Waals surface area contributed by atoms with Crippen LogP contribution in [0.4, 0.5) is 0 Å². The number of hydrogen-bond acceptors (Lipinski definition) is 7. The van der Waals surface area contributed by atoms with Crippen molar-refractivity contribution in [3.05, 3.63) is 102 Å². The van der Waals surface area contributed by atoms with Crippen molar-refractivity contribution in [3.8, 4) is 23.1 Å². The fourth-order valence-electron chi connectivity index (χ4n) is 4.19. The number of hydrogen-bond donors (Lipinski definition) is 0.